The van der Waals surface area contributed by atoms with Gasteiger partial charge in [0.25, 0.3) is 0 Å². The van der Waals surface area contributed by atoms with E-state index in [4.69, 9.17) is 0 Å². The van der Waals surface area contributed by atoms with Gasteiger partial charge in [-0.2, -0.15) is 0 Å². The summed E-state index contributed by atoms with van der Waals surface area (Å²) in [4.78, 5) is 1.33. The highest BCUT2D eigenvalue weighted by Gasteiger charge is 2.06. The molecule has 0 radical (unpaired) electrons. The molecule has 0 aliphatic rings. The Hall–Kier alpha value is -1.20. The molecule has 0 amide bonds. The zero-order valence-corrected chi connectivity index (χ0v) is 14.5. The maximum Gasteiger partial charge on any atom is 0.123 e. The Morgan fingerprint density at radius 1 is 1.00 bits per heavy atom. The first kappa shape index (κ1) is 14.7. The van der Waals surface area contributed by atoms with E-state index in [2.05, 4.69) is 59.2 Å². The van der Waals surface area contributed by atoms with Crippen LogP contribution < -0.4 is 0 Å². The normalized spacial score (nSPS) is 10.8. The fourth-order valence-corrected chi connectivity index (χ4v) is 3.88. The minimum Gasteiger partial charge on any atom is -0.207 e. The Balaban J connectivity index is 1.83. The molecule has 0 unspecified atom stereocenters. The molecule has 0 N–H and O–H groups in total. The van der Waals surface area contributed by atoms with Crippen molar-refractivity contribution in [2.45, 2.75) is 13.3 Å². The molecule has 0 saturated carbocycles. The number of hydrogen-bond acceptors (Lipinski definition) is 1. The minimum absolute atomic E-state index is 0.191. The van der Waals surface area contributed by atoms with Crippen LogP contribution in [0.2, 0.25) is 0 Å². The molecule has 0 fully saturated rings. The van der Waals surface area contributed by atoms with E-state index in [0.29, 0.717) is 0 Å². The van der Waals surface area contributed by atoms with Crippen LogP contribution in [0, 0.1) is 16.3 Å². The molecule has 21 heavy (non-hydrogen) atoms. The molecule has 0 atom stereocenters. The molecule has 2 aromatic carbocycles. The average molecular weight is 408 g/mol. The third kappa shape index (κ3) is 3.52. The van der Waals surface area contributed by atoms with Crippen LogP contribution in [0.25, 0.3) is 11.1 Å². The summed E-state index contributed by atoms with van der Waals surface area (Å²) >= 11 is 4.10. The van der Waals surface area contributed by atoms with Crippen LogP contribution in [-0.4, -0.2) is 0 Å². The monoisotopic (exact) mass is 408 g/mol. The van der Waals surface area contributed by atoms with Crippen LogP contribution >= 0.6 is 33.9 Å². The second-order valence-corrected chi connectivity index (χ2v) is 7.30. The largest absolute Gasteiger partial charge is 0.207 e. The summed E-state index contributed by atoms with van der Waals surface area (Å²) in [5.74, 6) is -0.191. The molecule has 3 aromatic rings. The van der Waals surface area contributed by atoms with Crippen LogP contribution in [0.3, 0.4) is 0 Å². The van der Waals surface area contributed by atoms with Crippen molar-refractivity contribution in [2.75, 3.05) is 0 Å². The van der Waals surface area contributed by atoms with Crippen LogP contribution in [0.15, 0.2) is 53.9 Å². The molecule has 0 spiro atoms. The smallest absolute Gasteiger partial charge is 0.123 e. The Bertz CT molecular complexity index is 759. The lowest BCUT2D eigenvalue weighted by atomic mass is 10.0. The van der Waals surface area contributed by atoms with Gasteiger partial charge in [0.05, 0.1) is 0 Å². The van der Waals surface area contributed by atoms with Gasteiger partial charge in [0.2, 0.25) is 0 Å². The van der Waals surface area contributed by atoms with Crippen molar-refractivity contribution in [2.24, 2.45) is 0 Å². The molecule has 0 aliphatic carbocycles. The highest BCUT2D eigenvalue weighted by molar-refractivity contribution is 14.1. The maximum atomic E-state index is 13.0. The first-order chi connectivity index (χ1) is 10.1. The summed E-state index contributed by atoms with van der Waals surface area (Å²) in [5, 5.41) is 2.14. The van der Waals surface area contributed by atoms with Crippen molar-refractivity contribution < 1.29 is 4.39 Å². The third-order valence-corrected chi connectivity index (χ3v) is 5.11. The van der Waals surface area contributed by atoms with Gasteiger partial charge >= 0.3 is 0 Å². The van der Waals surface area contributed by atoms with Gasteiger partial charge in [0.15, 0.2) is 0 Å². The lowest BCUT2D eigenvalue weighted by Gasteiger charge is -2.04. The molecule has 106 valence electrons. The fourth-order valence-electron chi connectivity index (χ4n) is 2.31. The van der Waals surface area contributed by atoms with E-state index in [1.54, 1.807) is 11.3 Å². The zero-order valence-electron chi connectivity index (χ0n) is 11.6. The van der Waals surface area contributed by atoms with Crippen LogP contribution in [0.4, 0.5) is 4.39 Å². The van der Waals surface area contributed by atoms with E-state index >= 15 is 0 Å². The van der Waals surface area contributed by atoms with Crippen molar-refractivity contribution >= 4 is 33.9 Å². The number of halogens is 2. The molecular weight excluding hydrogens is 394 g/mol. The number of rotatable bonds is 3. The Labute approximate surface area is 141 Å². The van der Waals surface area contributed by atoms with Crippen molar-refractivity contribution in [3.63, 3.8) is 0 Å². The predicted molar refractivity (Wildman–Crippen MR) is 96.4 cm³/mol. The molecule has 0 nitrogen and oxygen atoms in total. The fraction of sp³-hybridized carbons (Fsp3) is 0.111. The summed E-state index contributed by atoms with van der Waals surface area (Å²) in [6.07, 6.45) is 0.953. The molecule has 1 aromatic heterocycles. The third-order valence-electron chi connectivity index (χ3n) is 3.50. The van der Waals surface area contributed by atoms with E-state index in [1.807, 2.05) is 12.1 Å². The van der Waals surface area contributed by atoms with Crippen LogP contribution in [-0.2, 0) is 6.42 Å². The predicted octanol–water partition coefficient (Wildman–Crippen LogP) is 6.06. The SMILES string of the molecule is Cc1cc(I)ccc1Cc1cc(-c2ccc(F)cc2)cs1. The first-order valence-electron chi connectivity index (χ1n) is 6.70. The standard InChI is InChI=1S/C18H14FIS/c1-12-8-17(20)7-4-14(12)9-18-10-15(11-21-18)13-2-5-16(19)6-3-13/h2-8,10-11H,9H2,1H3. The van der Waals surface area contributed by atoms with Gasteiger partial charge in [0, 0.05) is 14.9 Å². The van der Waals surface area contributed by atoms with Crippen molar-refractivity contribution in [1.29, 1.82) is 0 Å². The maximum absolute atomic E-state index is 13.0. The molecule has 0 aliphatic heterocycles. The minimum atomic E-state index is -0.191. The molecule has 3 rings (SSSR count). The Morgan fingerprint density at radius 2 is 1.76 bits per heavy atom. The number of hydrogen-bond donors (Lipinski definition) is 0. The second kappa shape index (κ2) is 6.28. The summed E-state index contributed by atoms with van der Waals surface area (Å²) in [6.45, 7) is 2.16. The number of thiophene rings is 1. The lowest BCUT2D eigenvalue weighted by Crippen LogP contribution is -1.90. The van der Waals surface area contributed by atoms with Crippen LogP contribution in [0.5, 0.6) is 0 Å². The van der Waals surface area contributed by atoms with Gasteiger partial charge < -0.3 is 0 Å². The van der Waals surface area contributed by atoms with Gasteiger partial charge in [-0.15, -0.1) is 11.3 Å². The quantitative estimate of drug-likeness (QED) is 0.463. The van der Waals surface area contributed by atoms with Gasteiger partial charge in [-0.1, -0.05) is 18.2 Å². The molecule has 0 bridgehead atoms. The van der Waals surface area contributed by atoms with Crippen molar-refractivity contribution in [3.8, 4) is 11.1 Å². The topological polar surface area (TPSA) is 0 Å². The van der Waals surface area contributed by atoms with Gasteiger partial charge in [-0.05, 0) is 87.5 Å². The highest BCUT2D eigenvalue weighted by atomic mass is 127. The number of aryl methyl sites for hydroxylation is 1. The van der Waals surface area contributed by atoms with E-state index in [0.717, 1.165) is 17.5 Å². The zero-order chi connectivity index (χ0) is 14.8. The molecule has 1 heterocycles. The van der Waals surface area contributed by atoms with Gasteiger partial charge in [-0.25, -0.2) is 4.39 Å². The van der Waals surface area contributed by atoms with Gasteiger partial charge in [0.1, 0.15) is 5.82 Å². The van der Waals surface area contributed by atoms with Crippen molar-refractivity contribution in [1.82, 2.24) is 0 Å². The lowest BCUT2D eigenvalue weighted by molar-refractivity contribution is 0.628. The first-order valence-corrected chi connectivity index (χ1v) is 8.66. The average Bonchev–Trinajstić information content (AvgIpc) is 2.91. The summed E-state index contributed by atoms with van der Waals surface area (Å²) < 4.78 is 14.2. The second-order valence-electron chi connectivity index (χ2n) is 5.06. The Kier molecular flexibility index (Phi) is 4.40. The van der Waals surface area contributed by atoms with E-state index in [1.165, 1.54) is 31.7 Å². The van der Waals surface area contributed by atoms with Crippen LogP contribution in [0.1, 0.15) is 16.0 Å². The van der Waals surface area contributed by atoms with Gasteiger partial charge in [-0.3, -0.25) is 0 Å². The molecular formula is C18H14FIS. The summed E-state index contributed by atoms with van der Waals surface area (Å²) in [5.41, 5.74) is 4.93. The van der Waals surface area contributed by atoms with E-state index in [9.17, 15) is 4.39 Å². The molecule has 0 saturated heterocycles. The molecule has 3 heteroatoms. The summed E-state index contributed by atoms with van der Waals surface area (Å²) in [6, 6.07) is 15.5. The summed E-state index contributed by atoms with van der Waals surface area (Å²) in [7, 11) is 0. The van der Waals surface area contributed by atoms with E-state index in [-0.39, 0.29) is 5.82 Å². The van der Waals surface area contributed by atoms with E-state index < -0.39 is 0 Å². The number of benzene rings is 2. The Morgan fingerprint density at radius 3 is 2.48 bits per heavy atom. The van der Waals surface area contributed by atoms with Crippen molar-refractivity contribution in [3.05, 3.63) is 79.3 Å². The highest BCUT2D eigenvalue weighted by Crippen LogP contribution is 2.28.